The van der Waals surface area contributed by atoms with E-state index in [0.717, 1.165) is 24.6 Å². The van der Waals surface area contributed by atoms with Crippen molar-refractivity contribution in [3.63, 3.8) is 0 Å². The third-order valence-electron chi connectivity index (χ3n) is 2.80. The molecule has 0 amide bonds. The topological polar surface area (TPSA) is 29.1 Å². The molecule has 1 aromatic rings. The molecule has 1 atom stereocenters. The van der Waals surface area contributed by atoms with E-state index in [2.05, 4.69) is 43.4 Å². The van der Waals surface area contributed by atoms with Gasteiger partial charge < -0.3 is 5.32 Å². The Hall–Kier alpha value is -0.670. The van der Waals surface area contributed by atoms with Gasteiger partial charge in [-0.25, -0.2) is 0 Å². The molecule has 0 aliphatic carbocycles. The van der Waals surface area contributed by atoms with Crippen molar-refractivity contribution in [3.05, 3.63) is 35.4 Å². The van der Waals surface area contributed by atoms with Crippen molar-refractivity contribution in [2.45, 2.75) is 33.2 Å². The van der Waals surface area contributed by atoms with Crippen LogP contribution in [-0.4, -0.2) is 22.3 Å². The first-order valence-electron chi connectivity index (χ1n) is 6.28. The molecule has 1 unspecified atom stereocenters. The molecule has 1 aromatic carbocycles. The van der Waals surface area contributed by atoms with Gasteiger partial charge in [0.15, 0.2) is 0 Å². The minimum Gasteiger partial charge on any atom is -0.312 e. The highest BCUT2D eigenvalue weighted by molar-refractivity contribution is 7.84. The minimum absolute atomic E-state index is 0.587. The second-order valence-electron chi connectivity index (χ2n) is 4.51. The predicted octanol–water partition coefficient (Wildman–Crippen LogP) is 2.67. The Kier molecular flexibility index (Phi) is 6.45. The average molecular weight is 253 g/mol. The zero-order chi connectivity index (χ0) is 12.7. The Labute approximate surface area is 107 Å². The molecule has 0 spiro atoms. The maximum Gasteiger partial charge on any atom is 0.0360 e. The quantitative estimate of drug-likeness (QED) is 0.757. The summed E-state index contributed by atoms with van der Waals surface area (Å²) in [6, 6.07) is 8.70. The van der Waals surface area contributed by atoms with Crippen LogP contribution in [0, 0.1) is 0 Å². The van der Waals surface area contributed by atoms with Crippen LogP contribution in [0.15, 0.2) is 24.3 Å². The standard InChI is InChI=1S/C14H23NOS/c1-4-17(16)10-9-15-11-13-5-7-14(8-6-13)12(2)3/h5-8,12,15H,4,9-11H2,1-3H3. The number of benzene rings is 1. The highest BCUT2D eigenvalue weighted by atomic mass is 32.2. The molecule has 17 heavy (non-hydrogen) atoms. The second-order valence-corrected chi connectivity index (χ2v) is 6.37. The highest BCUT2D eigenvalue weighted by Gasteiger charge is 1.99. The summed E-state index contributed by atoms with van der Waals surface area (Å²) < 4.78 is 11.2. The minimum atomic E-state index is -0.657. The monoisotopic (exact) mass is 253 g/mol. The molecule has 0 fully saturated rings. The van der Waals surface area contributed by atoms with Crippen molar-refractivity contribution in [2.24, 2.45) is 0 Å². The molecular weight excluding hydrogens is 230 g/mol. The van der Waals surface area contributed by atoms with Crippen molar-refractivity contribution in [1.82, 2.24) is 5.32 Å². The number of hydrogen-bond donors (Lipinski definition) is 1. The predicted molar refractivity (Wildman–Crippen MR) is 75.8 cm³/mol. The van der Waals surface area contributed by atoms with Gasteiger partial charge in [0.1, 0.15) is 0 Å². The molecule has 3 heteroatoms. The number of nitrogens with one attached hydrogen (secondary N) is 1. The van der Waals surface area contributed by atoms with Crippen molar-refractivity contribution in [3.8, 4) is 0 Å². The van der Waals surface area contributed by atoms with E-state index in [1.54, 1.807) is 0 Å². The Morgan fingerprint density at radius 2 is 1.88 bits per heavy atom. The average Bonchev–Trinajstić information content (AvgIpc) is 2.34. The smallest absolute Gasteiger partial charge is 0.0360 e. The Balaban J connectivity index is 2.30. The van der Waals surface area contributed by atoms with Gasteiger partial charge in [-0.2, -0.15) is 0 Å². The van der Waals surface area contributed by atoms with Crippen molar-refractivity contribution < 1.29 is 4.21 Å². The summed E-state index contributed by atoms with van der Waals surface area (Å²) in [6.45, 7) is 8.05. The van der Waals surface area contributed by atoms with E-state index in [1.165, 1.54) is 11.1 Å². The van der Waals surface area contributed by atoms with E-state index in [-0.39, 0.29) is 0 Å². The zero-order valence-corrected chi connectivity index (χ0v) is 11.8. The van der Waals surface area contributed by atoms with Crippen LogP contribution < -0.4 is 5.32 Å². The van der Waals surface area contributed by atoms with E-state index in [0.29, 0.717) is 5.92 Å². The van der Waals surface area contributed by atoms with Gasteiger partial charge in [0.25, 0.3) is 0 Å². The van der Waals surface area contributed by atoms with Crippen LogP contribution in [0.2, 0.25) is 0 Å². The summed E-state index contributed by atoms with van der Waals surface area (Å²) in [5.74, 6) is 2.09. The molecule has 0 aliphatic rings. The molecule has 2 nitrogen and oxygen atoms in total. The van der Waals surface area contributed by atoms with E-state index in [4.69, 9.17) is 0 Å². The molecule has 0 bridgehead atoms. The molecular formula is C14H23NOS. The van der Waals surface area contributed by atoms with Gasteiger partial charge in [0, 0.05) is 35.4 Å². The maximum atomic E-state index is 11.2. The van der Waals surface area contributed by atoms with Crippen LogP contribution in [-0.2, 0) is 17.3 Å². The fourth-order valence-electron chi connectivity index (χ4n) is 1.58. The lowest BCUT2D eigenvalue weighted by Crippen LogP contribution is -2.20. The van der Waals surface area contributed by atoms with Gasteiger partial charge >= 0.3 is 0 Å². The Bertz CT molecular complexity index is 346. The summed E-state index contributed by atoms with van der Waals surface area (Å²) in [5, 5.41) is 3.32. The highest BCUT2D eigenvalue weighted by Crippen LogP contribution is 2.14. The fraction of sp³-hybridized carbons (Fsp3) is 0.571. The zero-order valence-electron chi connectivity index (χ0n) is 11.0. The normalized spacial score (nSPS) is 12.9. The van der Waals surface area contributed by atoms with Crippen molar-refractivity contribution in [2.75, 3.05) is 18.1 Å². The van der Waals surface area contributed by atoms with Crippen molar-refractivity contribution >= 4 is 10.8 Å². The maximum absolute atomic E-state index is 11.2. The molecule has 0 radical (unpaired) electrons. The molecule has 1 rings (SSSR count). The summed E-state index contributed by atoms with van der Waals surface area (Å²) in [4.78, 5) is 0. The number of hydrogen-bond acceptors (Lipinski definition) is 2. The lowest BCUT2D eigenvalue weighted by molar-refractivity contribution is 0.673. The van der Waals surface area contributed by atoms with Gasteiger partial charge in [-0.15, -0.1) is 0 Å². The molecule has 0 heterocycles. The van der Waals surface area contributed by atoms with Gasteiger partial charge in [-0.3, -0.25) is 4.21 Å². The number of rotatable bonds is 7. The molecule has 96 valence electrons. The summed E-state index contributed by atoms with van der Waals surface area (Å²) >= 11 is 0. The van der Waals surface area contributed by atoms with Crippen LogP contribution in [0.4, 0.5) is 0 Å². The van der Waals surface area contributed by atoms with Crippen LogP contribution in [0.3, 0.4) is 0 Å². The van der Waals surface area contributed by atoms with Crippen LogP contribution in [0.25, 0.3) is 0 Å². The van der Waals surface area contributed by atoms with Crippen molar-refractivity contribution in [1.29, 1.82) is 0 Å². The lowest BCUT2D eigenvalue weighted by Gasteiger charge is -2.08. The van der Waals surface area contributed by atoms with E-state index < -0.39 is 10.8 Å². The second kappa shape index (κ2) is 7.62. The first-order valence-corrected chi connectivity index (χ1v) is 7.76. The van der Waals surface area contributed by atoms with E-state index in [1.807, 2.05) is 6.92 Å². The van der Waals surface area contributed by atoms with Gasteiger partial charge in [0.2, 0.25) is 0 Å². The third-order valence-corrected chi connectivity index (χ3v) is 4.11. The van der Waals surface area contributed by atoms with Gasteiger partial charge in [-0.1, -0.05) is 45.0 Å². The van der Waals surface area contributed by atoms with Gasteiger partial charge in [0.05, 0.1) is 0 Å². The molecule has 0 saturated carbocycles. The first kappa shape index (κ1) is 14.4. The third kappa shape index (κ3) is 5.46. The van der Waals surface area contributed by atoms with Crippen LogP contribution in [0.5, 0.6) is 0 Å². The van der Waals surface area contributed by atoms with Crippen LogP contribution >= 0.6 is 0 Å². The SMILES string of the molecule is CCS(=O)CCNCc1ccc(C(C)C)cc1. The summed E-state index contributed by atoms with van der Waals surface area (Å²) in [5.41, 5.74) is 2.66. The first-order chi connectivity index (χ1) is 8.13. The van der Waals surface area contributed by atoms with E-state index in [9.17, 15) is 4.21 Å². The van der Waals surface area contributed by atoms with Crippen LogP contribution in [0.1, 0.15) is 37.8 Å². The fourth-order valence-corrected chi connectivity index (χ4v) is 2.24. The van der Waals surface area contributed by atoms with E-state index >= 15 is 0 Å². The molecule has 1 N–H and O–H groups in total. The Morgan fingerprint density at radius 1 is 1.24 bits per heavy atom. The lowest BCUT2D eigenvalue weighted by atomic mass is 10.0. The molecule has 0 saturated heterocycles. The molecule has 0 aromatic heterocycles. The summed E-state index contributed by atoms with van der Waals surface area (Å²) in [7, 11) is -0.657. The molecule has 0 aliphatic heterocycles. The largest absolute Gasteiger partial charge is 0.312 e. The summed E-state index contributed by atoms with van der Waals surface area (Å²) in [6.07, 6.45) is 0. The Morgan fingerprint density at radius 3 is 2.41 bits per heavy atom. The van der Waals surface area contributed by atoms with Gasteiger partial charge in [-0.05, 0) is 17.0 Å².